The monoisotopic (exact) mass is 264 g/mol. The zero-order chi connectivity index (χ0) is 13.1. The third-order valence-electron chi connectivity index (χ3n) is 3.82. The van der Waals surface area contributed by atoms with Crippen molar-refractivity contribution in [2.45, 2.75) is 31.4 Å². The number of hydrogen-bond donors (Lipinski definition) is 3. The lowest BCUT2D eigenvalue weighted by molar-refractivity contribution is -0.122. The molecule has 1 aliphatic rings. The molecule has 1 heterocycles. The van der Waals surface area contributed by atoms with Crippen LogP contribution in [0.3, 0.4) is 0 Å². The third kappa shape index (κ3) is 3.26. The standard InChI is InChI=1S/C11H24N2O3S/c1-11(2,10(14)13-12)17(3,15)8-9-4-6-16-7-5-9/h9,17H,4-8,12H2,1-3H3,(H,13,14). The smallest absolute Gasteiger partial charge is 0.250 e. The summed E-state index contributed by atoms with van der Waals surface area (Å²) in [4.78, 5) is 11.7. The first-order chi connectivity index (χ1) is 7.81. The molecule has 6 heteroatoms. The van der Waals surface area contributed by atoms with E-state index in [0.717, 1.165) is 26.1 Å². The summed E-state index contributed by atoms with van der Waals surface area (Å²) in [6.45, 7) is 4.87. The fourth-order valence-corrected chi connectivity index (χ4v) is 4.34. The molecule has 1 aliphatic heterocycles. The Labute approximate surface area is 104 Å². The van der Waals surface area contributed by atoms with E-state index in [9.17, 15) is 9.00 Å². The molecule has 0 radical (unpaired) electrons. The minimum Gasteiger partial charge on any atom is -0.381 e. The first-order valence-electron chi connectivity index (χ1n) is 5.96. The van der Waals surface area contributed by atoms with Crippen molar-refractivity contribution in [3.05, 3.63) is 0 Å². The van der Waals surface area contributed by atoms with Gasteiger partial charge in [-0.15, -0.1) is 0 Å². The first kappa shape index (κ1) is 14.6. The van der Waals surface area contributed by atoms with Gasteiger partial charge in [0, 0.05) is 19.0 Å². The number of amides is 1. The van der Waals surface area contributed by atoms with E-state index in [2.05, 4.69) is 5.43 Å². The van der Waals surface area contributed by atoms with E-state index in [-0.39, 0.29) is 5.91 Å². The van der Waals surface area contributed by atoms with Crippen LogP contribution in [-0.4, -0.2) is 40.1 Å². The van der Waals surface area contributed by atoms with Crippen LogP contribution in [0.15, 0.2) is 0 Å². The average Bonchev–Trinajstić information content (AvgIpc) is 2.28. The summed E-state index contributed by atoms with van der Waals surface area (Å²) in [6, 6.07) is 0. The van der Waals surface area contributed by atoms with Gasteiger partial charge in [-0.1, -0.05) is 9.93 Å². The van der Waals surface area contributed by atoms with Gasteiger partial charge in [0.25, 0.3) is 0 Å². The van der Waals surface area contributed by atoms with Gasteiger partial charge < -0.3 is 4.74 Å². The molecule has 0 aromatic heterocycles. The van der Waals surface area contributed by atoms with Crippen LogP contribution in [0.2, 0.25) is 0 Å². The summed E-state index contributed by atoms with van der Waals surface area (Å²) in [5.74, 6) is 5.78. The van der Waals surface area contributed by atoms with Crippen LogP contribution >= 0.6 is 0 Å². The van der Waals surface area contributed by atoms with E-state index in [1.807, 2.05) is 0 Å². The number of thiol groups is 1. The molecule has 1 amide bonds. The molecule has 0 aliphatic carbocycles. The molecule has 0 atom stereocenters. The predicted molar refractivity (Wildman–Crippen MR) is 70.3 cm³/mol. The second kappa shape index (κ2) is 5.46. The minimum absolute atomic E-state index is 0.351. The van der Waals surface area contributed by atoms with Crippen molar-refractivity contribution >= 4 is 15.8 Å². The summed E-state index contributed by atoms with van der Waals surface area (Å²) in [7, 11) is -2.58. The van der Waals surface area contributed by atoms with Gasteiger partial charge >= 0.3 is 0 Å². The Balaban J connectivity index is 2.72. The molecule has 17 heavy (non-hydrogen) atoms. The number of ether oxygens (including phenoxy) is 1. The Hall–Kier alpha value is -0.460. The maximum absolute atomic E-state index is 12.7. The molecule has 0 bridgehead atoms. The highest BCUT2D eigenvalue weighted by Gasteiger charge is 2.39. The van der Waals surface area contributed by atoms with E-state index in [0.29, 0.717) is 11.7 Å². The van der Waals surface area contributed by atoms with Crippen molar-refractivity contribution in [2.75, 3.05) is 25.2 Å². The Morgan fingerprint density at radius 2 is 2.00 bits per heavy atom. The topological polar surface area (TPSA) is 81.4 Å². The number of hydrazine groups is 1. The third-order valence-corrected chi connectivity index (χ3v) is 7.60. The quantitative estimate of drug-likeness (QED) is 0.285. The van der Waals surface area contributed by atoms with Crippen LogP contribution in [0.4, 0.5) is 0 Å². The predicted octanol–water partition coefficient (Wildman–Crippen LogP) is -0.172. The highest BCUT2D eigenvalue weighted by atomic mass is 32.2. The van der Waals surface area contributed by atoms with Gasteiger partial charge in [0.15, 0.2) is 0 Å². The number of carbonyl (C=O) groups excluding carboxylic acids is 1. The largest absolute Gasteiger partial charge is 0.381 e. The fourth-order valence-electron chi connectivity index (χ4n) is 2.04. The second-order valence-corrected chi connectivity index (χ2v) is 9.06. The molecule has 0 aromatic carbocycles. The molecule has 0 spiro atoms. The van der Waals surface area contributed by atoms with Gasteiger partial charge in [0.1, 0.15) is 0 Å². The van der Waals surface area contributed by atoms with Gasteiger partial charge in [0.05, 0.1) is 4.75 Å². The lowest BCUT2D eigenvalue weighted by Gasteiger charge is -2.37. The Bertz CT molecular complexity index is 325. The number of nitrogens with two attached hydrogens (primary N) is 1. The van der Waals surface area contributed by atoms with Crippen LogP contribution in [0.1, 0.15) is 26.7 Å². The zero-order valence-electron chi connectivity index (χ0n) is 10.9. The molecule has 3 N–H and O–H groups in total. The Morgan fingerprint density at radius 1 is 1.47 bits per heavy atom. The van der Waals surface area contributed by atoms with Gasteiger partial charge in [-0.2, -0.15) is 0 Å². The maximum atomic E-state index is 12.7. The van der Waals surface area contributed by atoms with Crippen LogP contribution in [0, 0.1) is 5.92 Å². The van der Waals surface area contributed by atoms with Gasteiger partial charge in [0.2, 0.25) is 5.91 Å². The molecule has 0 unspecified atom stereocenters. The van der Waals surface area contributed by atoms with E-state index in [4.69, 9.17) is 10.6 Å². The summed E-state index contributed by atoms with van der Waals surface area (Å²) in [6.07, 6.45) is 3.56. The van der Waals surface area contributed by atoms with Crippen molar-refractivity contribution in [3.63, 3.8) is 0 Å². The average molecular weight is 264 g/mol. The van der Waals surface area contributed by atoms with Crippen LogP contribution < -0.4 is 11.3 Å². The summed E-state index contributed by atoms with van der Waals surface area (Å²) in [5, 5.41) is 0. The number of nitrogens with one attached hydrogen (secondary N) is 1. The van der Waals surface area contributed by atoms with Crippen LogP contribution in [-0.2, 0) is 19.5 Å². The lowest BCUT2D eigenvalue weighted by Crippen LogP contribution is -2.54. The SMILES string of the molecule is CC(C)(C(=O)NN)[SH](C)(=O)CC1CCOCC1. The molecular formula is C11H24N2O3S. The summed E-state index contributed by atoms with van der Waals surface area (Å²) >= 11 is 0. The van der Waals surface area contributed by atoms with E-state index >= 15 is 0 Å². The van der Waals surface area contributed by atoms with Crippen LogP contribution in [0.25, 0.3) is 0 Å². The van der Waals surface area contributed by atoms with Crippen molar-refractivity contribution in [2.24, 2.45) is 11.8 Å². The number of carbonyl (C=O) groups is 1. The highest BCUT2D eigenvalue weighted by Crippen LogP contribution is 2.28. The normalized spacial score (nSPS) is 20.0. The highest BCUT2D eigenvalue weighted by molar-refractivity contribution is 8.04. The maximum Gasteiger partial charge on any atom is 0.250 e. The van der Waals surface area contributed by atoms with E-state index < -0.39 is 14.7 Å². The van der Waals surface area contributed by atoms with Gasteiger partial charge in [-0.05, 0) is 38.9 Å². The molecule has 1 fully saturated rings. The lowest BCUT2D eigenvalue weighted by atomic mass is 10.0. The minimum atomic E-state index is -2.58. The number of hydrogen-bond acceptors (Lipinski definition) is 4. The molecule has 102 valence electrons. The molecular weight excluding hydrogens is 240 g/mol. The van der Waals surface area contributed by atoms with Crippen molar-refractivity contribution in [3.8, 4) is 0 Å². The van der Waals surface area contributed by atoms with Gasteiger partial charge in [-0.25, -0.2) is 5.84 Å². The first-order valence-corrected chi connectivity index (χ1v) is 8.30. The van der Waals surface area contributed by atoms with Crippen molar-refractivity contribution in [1.29, 1.82) is 0 Å². The molecule has 0 aromatic rings. The molecule has 1 saturated heterocycles. The van der Waals surface area contributed by atoms with Crippen molar-refractivity contribution < 1.29 is 13.7 Å². The molecule has 5 nitrogen and oxygen atoms in total. The van der Waals surface area contributed by atoms with Crippen LogP contribution in [0.5, 0.6) is 0 Å². The number of rotatable bonds is 4. The zero-order valence-corrected chi connectivity index (χ0v) is 11.8. The molecule has 1 rings (SSSR count). The fraction of sp³-hybridized carbons (Fsp3) is 0.909. The second-order valence-electron chi connectivity index (χ2n) is 5.37. The molecule has 0 saturated carbocycles. The van der Waals surface area contributed by atoms with E-state index in [1.54, 1.807) is 20.1 Å². The summed E-state index contributed by atoms with van der Waals surface area (Å²) in [5.41, 5.74) is 2.11. The van der Waals surface area contributed by atoms with Gasteiger partial charge in [-0.3, -0.25) is 14.4 Å². The summed E-state index contributed by atoms with van der Waals surface area (Å²) < 4.78 is 17.1. The van der Waals surface area contributed by atoms with Crippen molar-refractivity contribution in [1.82, 2.24) is 5.43 Å². The Kier molecular flexibility index (Phi) is 4.69. The Morgan fingerprint density at radius 3 is 2.47 bits per heavy atom. The van der Waals surface area contributed by atoms with E-state index in [1.165, 1.54) is 0 Å².